The van der Waals surface area contributed by atoms with E-state index < -0.39 is 0 Å². The van der Waals surface area contributed by atoms with Crippen molar-refractivity contribution in [2.45, 2.75) is 0 Å². The van der Waals surface area contributed by atoms with Crippen molar-refractivity contribution in [1.29, 1.82) is 0 Å². The standard InChI is InChI=1S/C3H4S2.B/c1-2-4-5-3-1;/h1-2H,3H2;. The Balaban J connectivity index is 0.000000250. The van der Waals surface area contributed by atoms with E-state index in [2.05, 4.69) is 11.5 Å². The summed E-state index contributed by atoms with van der Waals surface area (Å²) in [5.74, 6) is 1.20. The van der Waals surface area contributed by atoms with E-state index in [0.29, 0.717) is 0 Å². The van der Waals surface area contributed by atoms with E-state index >= 15 is 0 Å². The minimum Gasteiger partial charge on any atom is -0.0854 e. The molecule has 0 nitrogen and oxygen atoms in total. The predicted octanol–water partition coefficient (Wildman–Crippen LogP) is 1.51. The van der Waals surface area contributed by atoms with E-state index in [4.69, 9.17) is 0 Å². The quantitative estimate of drug-likeness (QED) is 0.346. The molecule has 1 aliphatic heterocycles. The Morgan fingerprint density at radius 3 is 2.50 bits per heavy atom. The van der Waals surface area contributed by atoms with Crippen LogP contribution < -0.4 is 0 Å². The molecule has 0 atom stereocenters. The third-order valence-electron chi connectivity index (χ3n) is 0.384. The molecular formula is C3H4BS2. The van der Waals surface area contributed by atoms with Crippen molar-refractivity contribution in [3.05, 3.63) is 11.5 Å². The van der Waals surface area contributed by atoms with Gasteiger partial charge < -0.3 is 0 Å². The van der Waals surface area contributed by atoms with Crippen LogP contribution in [-0.2, 0) is 0 Å². The zero-order chi connectivity index (χ0) is 3.54. The summed E-state index contributed by atoms with van der Waals surface area (Å²) >= 11 is 0. The van der Waals surface area contributed by atoms with E-state index in [9.17, 15) is 0 Å². The van der Waals surface area contributed by atoms with Crippen LogP contribution in [0.1, 0.15) is 0 Å². The lowest BCUT2D eigenvalue weighted by atomic mass is 10.8. The van der Waals surface area contributed by atoms with Crippen molar-refractivity contribution in [3.8, 4) is 0 Å². The van der Waals surface area contributed by atoms with Gasteiger partial charge in [0.1, 0.15) is 0 Å². The third-order valence-corrected chi connectivity index (χ3v) is 2.30. The van der Waals surface area contributed by atoms with Gasteiger partial charge in [-0.05, 0) is 5.41 Å². The summed E-state index contributed by atoms with van der Waals surface area (Å²) in [4.78, 5) is 0. The van der Waals surface area contributed by atoms with Crippen molar-refractivity contribution in [1.82, 2.24) is 0 Å². The molecular weight excluding hydrogens is 111 g/mol. The van der Waals surface area contributed by atoms with Crippen LogP contribution in [0.2, 0.25) is 0 Å². The molecule has 1 aliphatic rings. The maximum Gasteiger partial charge on any atom is 0.0229 e. The van der Waals surface area contributed by atoms with Gasteiger partial charge in [0.25, 0.3) is 0 Å². The molecule has 0 spiro atoms. The highest BCUT2D eigenvalue weighted by atomic mass is 33.1. The normalized spacial score (nSPS) is 17.3. The lowest BCUT2D eigenvalue weighted by Crippen LogP contribution is -1.46. The van der Waals surface area contributed by atoms with Crippen LogP contribution in [0.25, 0.3) is 0 Å². The number of hydrogen-bond donors (Lipinski definition) is 0. The van der Waals surface area contributed by atoms with Gasteiger partial charge in [-0.15, -0.1) is 0 Å². The molecule has 3 heteroatoms. The Morgan fingerprint density at radius 1 is 1.50 bits per heavy atom. The lowest BCUT2D eigenvalue weighted by Gasteiger charge is -1.69. The number of hydrogen-bond acceptors (Lipinski definition) is 2. The topological polar surface area (TPSA) is 0 Å². The Hall–Kier alpha value is 0.505. The van der Waals surface area contributed by atoms with Gasteiger partial charge in [0.15, 0.2) is 0 Å². The summed E-state index contributed by atoms with van der Waals surface area (Å²) in [6.07, 6.45) is 2.16. The summed E-state index contributed by atoms with van der Waals surface area (Å²) in [7, 11) is 3.69. The molecule has 31 valence electrons. The third kappa shape index (κ3) is 1.83. The zero-order valence-electron chi connectivity index (χ0n) is 3.26. The fourth-order valence-corrected chi connectivity index (χ4v) is 1.77. The van der Waals surface area contributed by atoms with Crippen LogP contribution in [0.4, 0.5) is 0 Å². The first-order valence-corrected chi connectivity index (χ1v) is 3.81. The highest BCUT2D eigenvalue weighted by Crippen LogP contribution is 2.27. The molecule has 0 aromatic heterocycles. The molecule has 1 rings (SSSR count). The second-order valence-corrected chi connectivity index (χ2v) is 3.07. The Morgan fingerprint density at radius 2 is 2.33 bits per heavy atom. The first-order chi connectivity index (χ1) is 2.50. The second-order valence-electron chi connectivity index (χ2n) is 0.753. The first kappa shape index (κ1) is 6.50. The highest BCUT2D eigenvalue weighted by Gasteiger charge is 1.85. The van der Waals surface area contributed by atoms with Crippen LogP contribution in [0.3, 0.4) is 0 Å². The van der Waals surface area contributed by atoms with Crippen molar-refractivity contribution in [3.63, 3.8) is 0 Å². The van der Waals surface area contributed by atoms with Gasteiger partial charge >= 0.3 is 0 Å². The van der Waals surface area contributed by atoms with Crippen molar-refractivity contribution in [2.24, 2.45) is 0 Å². The fraction of sp³-hybridized carbons (Fsp3) is 0.333. The smallest absolute Gasteiger partial charge is 0.0229 e. The first-order valence-electron chi connectivity index (χ1n) is 1.43. The average molecular weight is 115 g/mol. The summed E-state index contributed by atoms with van der Waals surface area (Å²) in [5, 5.41) is 2.12. The average Bonchev–Trinajstić information content (AvgIpc) is 1.76. The maximum absolute atomic E-state index is 2.16. The van der Waals surface area contributed by atoms with E-state index in [-0.39, 0.29) is 8.41 Å². The van der Waals surface area contributed by atoms with Gasteiger partial charge in [-0.3, -0.25) is 0 Å². The molecule has 0 saturated carbocycles. The van der Waals surface area contributed by atoms with Gasteiger partial charge in [0.05, 0.1) is 0 Å². The molecule has 0 aromatic rings. The van der Waals surface area contributed by atoms with Crippen molar-refractivity contribution >= 4 is 30.0 Å². The Bertz CT molecular complexity index is 46.8. The van der Waals surface area contributed by atoms with Gasteiger partial charge in [-0.1, -0.05) is 27.7 Å². The van der Waals surface area contributed by atoms with Crippen molar-refractivity contribution in [2.75, 3.05) is 5.75 Å². The van der Waals surface area contributed by atoms with Gasteiger partial charge in [-0.25, -0.2) is 0 Å². The van der Waals surface area contributed by atoms with Crippen LogP contribution in [0.5, 0.6) is 0 Å². The Labute approximate surface area is 47.7 Å². The number of rotatable bonds is 0. The lowest BCUT2D eigenvalue weighted by molar-refractivity contribution is 1.85. The molecule has 0 saturated heterocycles. The van der Waals surface area contributed by atoms with E-state index in [1.165, 1.54) is 5.75 Å². The van der Waals surface area contributed by atoms with E-state index in [1.807, 2.05) is 21.6 Å². The van der Waals surface area contributed by atoms with E-state index in [0.717, 1.165) is 0 Å². The summed E-state index contributed by atoms with van der Waals surface area (Å²) in [6, 6.07) is 0. The molecule has 0 unspecified atom stereocenters. The molecule has 0 fully saturated rings. The zero-order valence-corrected chi connectivity index (χ0v) is 4.89. The summed E-state index contributed by atoms with van der Waals surface area (Å²) in [5.41, 5.74) is 0. The molecule has 0 aromatic carbocycles. The molecule has 6 heavy (non-hydrogen) atoms. The van der Waals surface area contributed by atoms with Crippen LogP contribution >= 0.6 is 21.6 Å². The molecule has 0 aliphatic carbocycles. The van der Waals surface area contributed by atoms with E-state index in [1.54, 1.807) is 0 Å². The van der Waals surface area contributed by atoms with Gasteiger partial charge in [0.2, 0.25) is 0 Å². The predicted molar refractivity (Wildman–Crippen MR) is 34.9 cm³/mol. The minimum absolute atomic E-state index is 0. The fourth-order valence-electron chi connectivity index (χ4n) is 0.196. The van der Waals surface area contributed by atoms with Crippen LogP contribution in [0, 0.1) is 0 Å². The SMILES string of the molecule is C1=CSSC1.[B]. The molecule has 0 bridgehead atoms. The molecule has 1 heterocycles. The second kappa shape index (κ2) is 3.69. The molecule has 0 N–H and O–H groups in total. The molecule has 0 amide bonds. The largest absolute Gasteiger partial charge is 0.0854 e. The monoisotopic (exact) mass is 115 g/mol. The maximum atomic E-state index is 2.16. The van der Waals surface area contributed by atoms with Gasteiger partial charge in [-0.2, -0.15) is 0 Å². The van der Waals surface area contributed by atoms with Crippen molar-refractivity contribution < 1.29 is 0 Å². The Kier molecular flexibility index (Phi) is 4.00. The summed E-state index contributed by atoms with van der Waals surface area (Å²) in [6.45, 7) is 0. The molecule has 3 radical (unpaired) electrons. The highest BCUT2D eigenvalue weighted by molar-refractivity contribution is 8.78. The summed E-state index contributed by atoms with van der Waals surface area (Å²) < 4.78 is 0. The van der Waals surface area contributed by atoms with Crippen LogP contribution in [0.15, 0.2) is 11.5 Å². The minimum atomic E-state index is 0. The van der Waals surface area contributed by atoms with Gasteiger partial charge in [0, 0.05) is 14.2 Å². The van der Waals surface area contributed by atoms with Crippen LogP contribution in [-0.4, -0.2) is 14.2 Å².